The van der Waals surface area contributed by atoms with Crippen LogP contribution in [0.4, 0.5) is 0 Å². The van der Waals surface area contributed by atoms with E-state index in [2.05, 4.69) is 10.3 Å². The molecule has 1 fully saturated rings. The lowest BCUT2D eigenvalue weighted by atomic mass is 10.1. The van der Waals surface area contributed by atoms with Gasteiger partial charge in [0, 0.05) is 18.1 Å². The number of benzene rings is 1. The predicted molar refractivity (Wildman–Crippen MR) is 92.5 cm³/mol. The van der Waals surface area contributed by atoms with Crippen LogP contribution < -0.4 is 20.5 Å². The van der Waals surface area contributed by atoms with Crippen LogP contribution in [0.2, 0.25) is 0 Å². The average molecular weight is 329 g/mol. The van der Waals surface area contributed by atoms with E-state index in [-0.39, 0.29) is 12.2 Å². The van der Waals surface area contributed by atoms with Crippen molar-refractivity contribution in [3.05, 3.63) is 30.0 Å². The lowest BCUT2D eigenvalue weighted by Crippen LogP contribution is -2.37. The molecule has 6 heteroatoms. The van der Waals surface area contributed by atoms with Crippen molar-refractivity contribution in [2.45, 2.75) is 38.9 Å². The Morgan fingerprint density at radius 2 is 2.21 bits per heavy atom. The highest BCUT2D eigenvalue weighted by atomic mass is 16.5. The summed E-state index contributed by atoms with van der Waals surface area (Å²) in [6, 6.07) is 5.31. The van der Waals surface area contributed by atoms with Crippen LogP contribution >= 0.6 is 0 Å². The first-order valence-corrected chi connectivity index (χ1v) is 8.31. The maximum absolute atomic E-state index is 11.7. The third-order valence-electron chi connectivity index (χ3n) is 3.98. The Bertz CT molecular complexity index is 740. The molecule has 24 heavy (non-hydrogen) atoms. The highest BCUT2D eigenvalue weighted by Gasteiger charge is 2.18. The Kier molecular flexibility index (Phi) is 4.85. The Hall–Kier alpha value is -2.34. The van der Waals surface area contributed by atoms with Crippen molar-refractivity contribution in [1.82, 2.24) is 10.3 Å². The molecule has 2 heterocycles. The first-order chi connectivity index (χ1) is 11.5. The number of ether oxygens (including phenoxy) is 2. The van der Waals surface area contributed by atoms with Crippen LogP contribution in [0.5, 0.6) is 11.5 Å². The van der Waals surface area contributed by atoms with E-state index in [1.54, 1.807) is 18.3 Å². The monoisotopic (exact) mass is 329 g/mol. The highest BCUT2D eigenvalue weighted by Crippen LogP contribution is 2.32. The quantitative estimate of drug-likeness (QED) is 0.878. The first-order valence-electron chi connectivity index (χ1n) is 8.31. The summed E-state index contributed by atoms with van der Waals surface area (Å²) in [5, 5.41) is 4.16. The van der Waals surface area contributed by atoms with E-state index in [1.165, 1.54) is 0 Å². The highest BCUT2D eigenvalue weighted by molar-refractivity contribution is 6.01. The number of hydrogen-bond acceptors (Lipinski definition) is 5. The molecule has 0 spiro atoms. The van der Waals surface area contributed by atoms with Gasteiger partial charge >= 0.3 is 0 Å². The number of rotatable bonds is 5. The molecule has 6 nitrogen and oxygen atoms in total. The number of carbonyl (C=O) groups excluding carboxylic acids is 1. The standard InChI is InChI=1S/C18H23N3O3/c1-11(2)23-17-9-13-15(8-14(17)18(19)22)21-7-5-16(13)24-12-4-3-6-20-10-12/h5,7-9,11-12,20H,3-4,6,10H2,1-2H3,(H2,19,22). The minimum atomic E-state index is -0.530. The maximum Gasteiger partial charge on any atom is 0.252 e. The number of amides is 1. The van der Waals surface area contributed by atoms with Crippen LogP contribution in [0.25, 0.3) is 10.9 Å². The van der Waals surface area contributed by atoms with Crippen molar-refractivity contribution < 1.29 is 14.3 Å². The third kappa shape index (κ3) is 3.59. The second kappa shape index (κ2) is 7.05. The van der Waals surface area contributed by atoms with E-state index in [1.807, 2.05) is 19.9 Å². The molecule has 0 radical (unpaired) electrons. The van der Waals surface area contributed by atoms with E-state index in [4.69, 9.17) is 15.2 Å². The summed E-state index contributed by atoms with van der Waals surface area (Å²) in [5.74, 6) is 0.681. The summed E-state index contributed by atoms with van der Waals surface area (Å²) in [6.45, 7) is 5.68. The fourth-order valence-electron chi connectivity index (χ4n) is 2.89. The van der Waals surface area contributed by atoms with Crippen LogP contribution in [0.15, 0.2) is 24.4 Å². The molecule has 1 aromatic heterocycles. The second-order valence-corrected chi connectivity index (χ2v) is 6.29. The van der Waals surface area contributed by atoms with Gasteiger partial charge in [0.2, 0.25) is 0 Å². The van der Waals surface area contributed by atoms with Gasteiger partial charge in [0.05, 0.1) is 17.2 Å². The van der Waals surface area contributed by atoms with Gasteiger partial charge in [-0.1, -0.05) is 0 Å². The van der Waals surface area contributed by atoms with Crippen molar-refractivity contribution in [3.63, 3.8) is 0 Å². The van der Waals surface area contributed by atoms with Gasteiger partial charge in [-0.05, 0) is 51.4 Å². The Morgan fingerprint density at radius 3 is 2.88 bits per heavy atom. The molecule has 128 valence electrons. The van der Waals surface area contributed by atoms with E-state index in [0.717, 1.165) is 37.1 Å². The lowest BCUT2D eigenvalue weighted by Gasteiger charge is -2.24. The van der Waals surface area contributed by atoms with E-state index in [0.29, 0.717) is 16.8 Å². The first kappa shape index (κ1) is 16.5. The van der Waals surface area contributed by atoms with E-state index < -0.39 is 5.91 Å². The molecule has 0 aliphatic carbocycles. The molecule has 0 saturated carbocycles. The van der Waals surface area contributed by atoms with E-state index >= 15 is 0 Å². The normalized spacial score (nSPS) is 17.9. The van der Waals surface area contributed by atoms with Crippen LogP contribution in [0, 0.1) is 0 Å². The van der Waals surface area contributed by atoms with Crippen LogP contribution in [-0.4, -0.2) is 36.2 Å². The number of fused-ring (bicyclic) bond motifs is 1. The van der Waals surface area contributed by atoms with Crippen LogP contribution in [-0.2, 0) is 0 Å². The van der Waals surface area contributed by atoms with Crippen molar-refractivity contribution >= 4 is 16.8 Å². The van der Waals surface area contributed by atoms with Gasteiger partial charge in [-0.25, -0.2) is 0 Å². The molecule has 3 N–H and O–H groups in total. The summed E-state index contributed by atoms with van der Waals surface area (Å²) in [6.07, 6.45) is 3.87. The summed E-state index contributed by atoms with van der Waals surface area (Å²) in [7, 11) is 0. The number of pyridine rings is 1. The third-order valence-corrected chi connectivity index (χ3v) is 3.98. The number of nitrogens with two attached hydrogens (primary N) is 1. The van der Waals surface area contributed by atoms with Crippen LogP contribution in [0.1, 0.15) is 37.0 Å². The number of aromatic nitrogens is 1. The minimum absolute atomic E-state index is 0.0656. The largest absolute Gasteiger partial charge is 0.490 e. The lowest BCUT2D eigenvalue weighted by molar-refractivity contribution is 0.0994. The molecule has 1 aromatic carbocycles. The van der Waals surface area contributed by atoms with Crippen molar-refractivity contribution in [1.29, 1.82) is 0 Å². The number of nitrogens with one attached hydrogen (secondary N) is 1. The fraction of sp³-hybridized carbons (Fsp3) is 0.444. The van der Waals surface area contributed by atoms with Crippen molar-refractivity contribution in [3.8, 4) is 11.5 Å². The van der Waals surface area contributed by atoms with Gasteiger partial charge in [-0.3, -0.25) is 9.78 Å². The molecule has 0 bridgehead atoms. The van der Waals surface area contributed by atoms with Crippen LogP contribution in [0.3, 0.4) is 0 Å². The number of hydrogen-bond donors (Lipinski definition) is 2. The Labute approximate surface area is 141 Å². The predicted octanol–water partition coefficient (Wildman–Crippen LogP) is 2.25. The molecular formula is C18H23N3O3. The summed E-state index contributed by atoms with van der Waals surface area (Å²) >= 11 is 0. The average Bonchev–Trinajstić information content (AvgIpc) is 2.55. The molecule has 1 amide bonds. The summed E-state index contributed by atoms with van der Waals surface area (Å²) in [5.41, 5.74) is 6.48. The van der Waals surface area contributed by atoms with Gasteiger partial charge in [-0.15, -0.1) is 0 Å². The van der Waals surface area contributed by atoms with Gasteiger partial charge in [-0.2, -0.15) is 0 Å². The Morgan fingerprint density at radius 1 is 1.38 bits per heavy atom. The summed E-state index contributed by atoms with van der Waals surface area (Å²) < 4.78 is 11.9. The van der Waals surface area contributed by atoms with Crippen molar-refractivity contribution in [2.24, 2.45) is 5.73 Å². The van der Waals surface area contributed by atoms with Gasteiger partial charge < -0.3 is 20.5 Å². The Balaban J connectivity index is 2.02. The summed E-state index contributed by atoms with van der Waals surface area (Å²) in [4.78, 5) is 16.1. The van der Waals surface area contributed by atoms with E-state index in [9.17, 15) is 4.79 Å². The molecule has 1 aliphatic rings. The second-order valence-electron chi connectivity index (χ2n) is 6.29. The smallest absolute Gasteiger partial charge is 0.252 e. The minimum Gasteiger partial charge on any atom is -0.490 e. The fourth-order valence-corrected chi connectivity index (χ4v) is 2.89. The molecule has 2 aromatic rings. The van der Waals surface area contributed by atoms with Gasteiger partial charge in [0.15, 0.2) is 0 Å². The van der Waals surface area contributed by atoms with Gasteiger partial charge in [0.25, 0.3) is 5.91 Å². The zero-order valence-corrected chi connectivity index (χ0v) is 14.0. The maximum atomic E-state index is 11.7. The molecule has 3 rings (SSSR count). The van der Waals surface area contributed by atoms with Gasteiger partial charge in [0.1, 0.15) is 17.6 Å². The number of piperidine rings is 1. The SMILES string of the molecule is CC(C)Oc1cc2c(OC3CCCNC3)ccnc2cc1C(N)=O. The number of nitrogens with zero attached hydrogens (tertiary/aromatic N) is 1. The number of carbonyl (C=O) groups is 1. The zero-order chi connectivity index (χ0) is 17.1. The molecular weight excluding hydrogens is 306 g/mol. The number of primary amides is 1. The topological polar surface area (TPSA) is 86.5 Å². The zero-order valence-electron chi connectivity index (χ0n) is 14.0. The molecule has 1 unspecified atom stereocenters. The van der Waals surface area contributed by atoms with Crippen molar-refractivity contribution in [2.75, 3.05) is 13.1 Å². The molecule has 1 saturated heterocycles. The molecule has 1 atom stereocenters. The molecule has 1 aliphatic heterocycles.